The van der Waals surface area contributed by atoms with Crippen LogP contribution in [0.15, 0.2) is 0 Å². The van der Waals surface area contributed by atoms with E-state index in [2.05, 4.69) is 0 Å². The van der Waals surface area contributed by atoms with Crippen molar-refractivity contribution in [3.63, 3.8) is 0 Å². The van der Waals surface area contributed by atoms with Crippen LogP contribution in [0.2, 0.25) is 0 Å². The van der Waals surface area contributed by atoms with Crippen LogP contribution in [0.4, 0.5) is 0 Å². The molecule has 0 spiro atoms. The molecule has 0 aromatic heterocycles. The summed E-state index contributed by atoms with van der Waals surface area (Å²) in [6.07, 6.45) is 1.51. The van der Waals surface area contributed by atoms with E-state index in [0.29, 0.717) is 13.0 Å². The lowest BCUT2D eigenvalue weighted by molar-refractivity contribution is -0.131. The summed E-state index contributed by atoms with van der Waals surface area (Å²) < 4.78 is 4.90. The molecule has 1 aliphatic rings. The van der Waals surface area contributed by atoms with E-state index in [4.69, 9.17) is 9.84 Å². The van der Waals surface area contributed by atoms with E-state index in [-0.39, 0.29) is 18.6 Å². The summed E-state index contributed by atoms with van der Waals surface area (Å²) >= 11 is 0. The van der Waals surface area contributed by atoms with Gasteiger partial charge < -0.3 is 14.7 Å². The minimum Gasteiger partial charge on any atom is -0.394 e. The zero-order chi connectivity index (χ0) is 8.97. The SMILES string of the molecule is COCC(CO)N1CCCC1=O. The molecule has 1 unspecified atom stereocenters. The van der Waals surface area contributed by atoms with Gasteiger partial charge in [-0.15, -0.1) is 0 Å². The topological polar surface area (TPSA) is 49.8 Å². The summed E-state index contributed by atoms with van der Waals surface area (Å²) in [5.41, 5.74) is 0. The highest BCUT2D eigenvalue weighted by molar-refractivity contribution is 5.78. The molecule has 1 amide bonds. The van der Waals surface area contributed by atoms with Crippen molar-refractivity contribution >= 4 is 5.91 Å². The summed E-state index contributed by atoms with van der Waals surface area (Å²) in [5.74, 6) is 0.131. The van der Waals surface area contributed by atoms with E-state index in [1.54, 1.807) is 12.0 Å². The summed E-state index contributed by atoms with van der Waals surface area (Å²) in [6.45, 7) is 1.16. The Labute approximate surface area is 72.1 Å². The van der Waals surface area contributed by atoms with Crippen molar-refractivity contribution in [1.29, 1.82) is 0 Å². The van der Waals surface area contributed by atoms with Crippen molar-refractivity contribution in [1.82, 2.24) is 4.90 Å². The van der Waals surface area contributed by atoms with Gasteiger partial charge in [0.15, 0.2) is 0 Å². The third-order valence-electron chi connectivity index (χ3n) is 2.12. The van der Waals surface area contributed by atoms with Gasteiger partial charge >= 0.3 is 0 Å². The van der Waals surface area contributed by atoms with Gasteiger partial charge in [-0.05, 0) is 6.42 Å². The van der Waals surface area contributed by atoms with Gasteiger partial charge in [-0.1, -0.05) is 0 Å². The number of aliphatic hydroxyl groups is 1. The first-order valence-electron chi connectivity index (χ1n) is 4.19. The van der Waals surface area contributed by atoms with Crippen LogP contribution in [-0.4, -0.2) is 48.8 Å². The van der Waals surface area contributed by atoms with Crippen molar-refractivity contribution in [3.05, 3.63) is 0 Å². The van der Waals surface area contributed by atoms with Crippen molar-refractivity contribution < 1.29 is 14.6 Å². The standard InChI is InChI=1S/C8H15NO3/c1-12-6-7(5-10)9-4-2-3-8(9)11/h7,10H,2-6H2,1H3. The maximum absolute atomic E-state index is 11.2. The summed E-state index contributed by atoms with van der Waals surface area (Å²) in [4.78, 5) is 12.9. The van der Waals surface area contributed by atoms with Gasteiger partial charge in [-0.25, -0.2) is 0 Å². The molecule has 1 rings (SSSR count). The zero-order valence-electron chi connectivity index (χ0n) is 7.32. The second-order valence-electron chi connectivity index (χ2n) is 2.98. The number of aliphatic hydroxyl groups excluding tert-OH is 1. The third-order valence-corrected chi connectivity index (χ3v) is 2.12. The number of carbonyl (C=O) groups is 1. The number of methoxy groups -OCH3 is 1. The molecule has 0 bridgehead atoms. The molecule has 1 atom stereocenters. The second-order valence-corrected chi connectivity index (χ2v) is 2.98. The highest BCUT2D eigenvalue weighted by Crippen LogP contribution is 2.13. The monoisotopic (exact) mass is 173 g/mol. The lowest BCUT2D eigenvalue weighted by atomic mass is 10.3. The van der Waals surface area contributed by atoms with Crippen LogP contribution in [0.1, 0.15) is 12.8 Å². The van der Waals surface area contributed by atoms with Gasteiger partial charge in [0.05, 0.1) is 19.3 Å². The third kappa shape index (κ3) is 1.95. The van der Waals surface area contributed by atoms with E-state index in [0.717, 1.165) is 13.0 Å². The number of ether oxygens (including phenoxy) is 1. The van der Waals surface area contributed by atoms with Crippen LogP contribution >= 0.6 is 0 Å². The first-order valence-corrected chi connectivity index (χ1v) is 4.19. The molecule has 0 saturated carbocycles. The molecule has 1 saturated heterocycles. The predicted octanol–water partition coefficient (Wildman–Crippen LogP) is -0.384. The summed E-state index contributed by atoms with van der Waals surface area (Å²) in [7, 11) is 1.57. The van der Waals surface area contributed by atoms with Crippen molar-refractivity contribution in [2.75, 3.05) is 26.9 Å². The molecule has 70 valence electrons. The molecule has 0 aliphatic carbocycles. The van der Waals surface area contributed by atoms with Gasteiger partial charge in [0.2, 0.25) is 5.91 Å². The van der Waals surface area contributed by atoms with E-state index in [1.807, 2.05) is 0 Å². The number of rotatable bonds is 4. The maximum Gasteiger partial charge on any atom is 0.223 e. The van der Waals surface area contributed by atoms with Crippen molar-refractivity contribution in [2.24, 2.45) is 0 Å². The van der Waals surface area contributed by atoms with Gasteiger partial charge in [-0.2, -0.15) is 0 Å². The van der Waals surface area contributed by atoms with Crippen molar-refractivity contribution in [3.8, 4) is 0 Å². The number of likely N-dealkylation sites (tertiary alicyclic amines) is 1. The summed E-state index contributed by atoms with van der Waals surface area (Å²) in [5, 5.41) is 8.96. The van der Waals surface area contributed by atoms with Gasteiger partial charge in [0, 0.05) is 20.1 Å². The van der Waals surface area contributed by atoms with Gasteiger partial charge in [-0.3, -0.25) is 4.79 Å². The van der Waals surface area contributed by atoms with E-state index in [9.17, 15) is 4.79 Å². The highest BCUT2D eigenvalue weighted by Gasteiger charge is 2.26. The Bertz CT molecular complexity index is 160. The Morgan fingerprint density at radius 2 is 2.50 bits per heavy atom. The Hall–Kier alpha value is -0.610. The Kier molecular flexibility index (Phi) is 3.49. The second kappa shape index (κ2) is 4.42. The first-order chi connectivity index (χ1) is 5.79. The molecule has 0 radical (unpaired) electrons. The molecule has 12 heavy (non-hydrogen) atoms. The van der Waals surface area contributed by atoms with E-state index >= 15 is 0 Å². The van der Waals surface area contributed by atoms with Crippen LogP contribution in [0, 0.1) is 0 Å². The zero-order valence-corrected chi connectivity index (χ0v) is 7.32. The van der Waals surface area contributed by atoms with Crippen LogP contribution in [-0.2, 0) is 9.53 Å². The molecule has 4 nitrogen and oxygen atoms in total. The van der Waals surface area contributed by atoms with Crippen molar-refractivity contribution in [2.45, 2.75) is 18.9 Å². The number of carbonyl (C=O) groups excluding carboxylic acids is 1. The van der Waals surface area contributed by atoms with Crippen LogP contribution < -0.4 is 0 Å². The molecule has 4 heteroatoms. The fourth-order valence-electron chi connectivity index (χ4n) is 1.49. The minimum absolute atomic E-state index is 0.0143. The number of hydrogen-bond donors (Lipinski definition) is 1. The maximum atomic E-state index is 11.2. The fraction of sp³-hybridized carbons (Fsp3) is 0.875. The molecule has 1 fully saturated rings. The number of nitrogens with zero attached hydrogens (tertiary/aromatic N) is 1. The lowest BCUT2D eigenvalue weighted by Crippen LogP contribution is -2.41. The van der Waals surface area contributed by atoms with Crippen LogP contribution in [0.5, 0.6) is 0 Å². The van der Waals surface area contributed by atoms with Crippen LogP contribution in [0.25, 0.3) is 0 Å². The predicted molar refractivity (Wildman–Crippen MR) is 43.7 cm³/mol. The fourth-order valence-corrected chi connectivity index (χ4v) is 1.49. The number of amides is 1. The average Bonchev–Trinajstić information content (AvgIpc) is 2.47. The molecular weight excluding hydrogens is 158 g/mol. The molecule has 1 N–H and O–H groups in total. The quantitative estimate of drug-likeness (QED) is 0.630. The van der Waals surface area contributed by atoms with E-state index < -0.39 is 0 Å². The van der Waals surface area contributed by atoms with E-state index in [1.165, 1.54) is 0 Å². The normalized spacial score (nSPS) is 20.2. The van der Waals surface area contributed by atoms with Gasteiger partial charge in [0.1, 0.15) is 0 Å². The first kappa shape index (κ1) is 9.48. The molecule has 0 aromatic rings. The summed E-state index contributed by atoms with van der Waals surface area (Å²) in [6, 6.07) is -0.148. The molecular formula is C8H15NO3. The largest absolute Gasteiger partial charge is 0.394 e. The Morgan fingerprint density at radius 3 is 2.92 bits per heavy atom. The van der Waals surface area contributed by atoms with Gasteiger partial charge in [0.25, 0.3) is 0 Å². The Balaban J connectivity index is 2.46. The molecule has 0 aromatic carbocycles. The highest BCUT2D eigenvalue weighted by atomic mass is 16.5. The average molecular weight is 173 g/mol. The lowest BCUT2D eigenvalue weighted by Gasteiger charge is -2.25. The molecule has 1 aliphatic heterocycles. The number of hydrogen-bond acceptors (Lipinski definition) is 3. The smallest absolute Gasteiger partial charge is 0.223 e. The van der Waals surface area contributed by atoms with Crippen LogP contribution in [0.3, 0.4) is 0 Å². The molecule has 1 heterocycles. The minimum atomic E-state index is -0.148. The Morgan fingerprint density at radius 1 is 1.75 bits per heavy atom.